The monoisotopic (exact) mass is 336 g/mol. The Morgan fingerprint density at radius 1 is 1.43 bits per heavy atom. The summed E-state index contributed by atoms with van der Waals surface area (Å²) in [5, 5.41) is 7.14. The van der Waals surface area contributed by atoms with Crippen LogP contribution in [0.2, 0.25) is 5.02 Å². The van der Waals surface area contributed by atoms with Crippen LogP contribution in [0.4, 0.5) is 4.39 Å². The molecule has 0 spiro atoms. The number of hydrogen-bond acceptors (Lipinski definition) is 3. The summed E-state index contributed by atoms with van der Waals surface area (Å²) in [6.45, 7) is 0.826. The van der Waals surface area contributed by atoms with Crippen LogP contribution in [0.5, 0.6) is 0 Å². The van der Waals surface area contributed by atoms with Crippen molar-refractivity contribution >= 4 is 17.5 Å². The van der Waals surface area contributed by atoms with Gasteiger partial charge in [0.1, 0.15) is 5.82 Å². The number of nitrogens with zero attached hydrogens (tertiary/aromatic N) is 3. The van der Waals surface area contributed by atoms with Gasteiger partial charge in [-0.2, -0.15) is 5.10 Å². The molecule has 0 radical (unpaired) electrons. The van der Waals surface area contributed by atoms with Crippen LogP contribution in [0.25, 0.3) is 0 Å². The Morgan fingerprint density at radius 3 is 2.87 bits per heavy atom. The summed E-state index contributed by atoms with van der Waals surface area (Å²) >= 11 is 5.76. The smallest absolute Gasteiger partial charge is 0.254 e. The molecule has 1 N–H and O–H groups in total. The Labute approximate surface area is 139 Å². The standard InChI is InChI=1S/C16H18ClFN4O/c1-21-6-5-14(20-16(23)11-8-19-22(2)9-11)15(21)10-3-4-12(17)13(18)7-10/h3-4,7-9,14-15H,5-6H2,1-2H3,(H,20,23)/t14-,15-/m0/s1. The first-order valence-electron chi connectivity index (χ1n) is 7.40. The number of halogens is 2. The average molecular weight is 337 g/mol. The maximum absolute atomic E-state index is 13.8. The summed E-state index contributed by atoms with van der Waals surface area (Å²) in [4.78, 5) is 14.4. The first-order valence-corrected chi connectivity index (χ1v) is 7.78. The van der Waals surface area contributed by atoms with Crippen molar-refractivity contribution in [2.45, 2.75) is 18.5 Å². The number of carbonyl (C=O) groups is 1. The van der Waals surface area contributed by atoms with Gasteiger partial charge in [-0.1, -0.05) is 17.7 Å². The molecule has 0 aliphatic carbocycles. The number of likely N-dealkylation sites (tertiary alicyclic amines) is 1. The second kappa shape index (κ2) is 6.29. The van der Waals surface area contributed by atoms with Crippen molar-refractivity contribution in [2.75, 3.05) is 13.6 Å². The quantitative estimate of drug-likeness (QED) is 0.936. The molecule has 122 valence electrons. The van der Waals surface area contributed by atoms with Crippen molar-refractivity contribution < 1.29 is 9.18 Å². The summed E-state index contributed by atoms with van der Waals surface area (Å²) < 4.78 is 15.4. The van der Waals surface area contributed by atoms with Gasteiger partial charge < -0.3 is 5.32 Å². The van der Waals surface area contributed by atoms with E-state index in [1.165, 1.54) is 12.3 Å². The Kier molecular flexibility index (Phi) is 4.37. The number of aromatic nitrogens is 2. The molecule has 3 rings (SSSR count). The SMILES string of the molecule is CN1CC[C@H](NC(=O)c2cnn(C)c2)[C@@H]1c1ccc(Cl)c(F)c1. The summed E-state index contributed by atoms with van der Waals surface area (Å²) in [6, 6.07) is 4.63. The van der Waals surface area contributed by atoms with Gasteiger partial charge >= 0.3 is 0 Å². The molecule has 1 amide bonds. The van der Waals surface area contributed by atoms with Gasteiger partial charge in [0.05, 0.1) is 28.9 Å². The maximum atomic E-state index is 13.8. The first kappa shape index (κ1) is 16.0. The predicted molar refractivity (Wildman–Crippen MR) is 85.9 cm³/mol. The molecule has 1 saturated heterocycles. The average Bonchev–Trinajstić information content (AvgIpc) is 3.09. The number of carbonyl (C=O) groups excluding carboxylic acids is 1. The molecule has 7 heteroatoms. The summed E-state index contributed by atoms with van der Waals surface area (Å²) in [5.41, 5.74) is 1.33. The third kappa shape index (κ3) is 3.23. The van der Waals surface area contributed by atoms with Crippen molar-refractivity contribution in [1.29, 1.82) is 0 Å². The fraction of sp³-hybridized carbons (Fsp3) is 0.375. The highest BCUT2D eigenvalue weighted by atomic mass is 35.5. The molecule has 2 heterocycles. The van der Waals surface area contributed by atoms with Crippen LogP contribution in [0.1, 0.15) is 28.4 Å². The Balaban J connectivity index is 1.80. The van der Waals surface area contributed by atoms with E-state index in [-0.39, 0.29) is 23.0 Å². The highest BCUT2D eigenvalue weighted by Gasteiger charge is 2.34. The molecule has 5 nitrogen and oxygen atoms in total. The fourth-order valence-electron chi connectivity index (χ4n) is 3.07. The lowest BCUT2D eigenvalue weighted by molar-refractivity contribution is 0.0927. The van der Waals surface area contributed by atoms with E-state index < -0.39 is 5.82 Å². The lowest BCUT2D eigenvalue weighted by Crippen LogP contribution is -2.38. The van der Waals surface area contributed by atoms with Crippen molar-refractivity contribution in [3.63, 3.8) is 0 Å². The molecule has 2 aromatic rings. The van der Waals surface area contributed by atoms with Gasteiger partial charge in [0.2, 0.25) is 0 Å². The molecule has 1 aromatic carbocycles. The molecule has 0 saturated carbocycles. The van der Waals surface area contributed by atoms with Gasteiger partial charge in [-0.05, 0) is 31.2 Å². The topological polar surface area (TPSA) is 50.2 Å². The third-order valence-corrected chi connectivity index (χ3v) is 4.52. The zero-order valence-electron chi connectivity index (χ0n) is 13.0. The Hall–Kier alpha value is -1.92. The molecule has 2 atom stereocenters. The van der Waals surface area contributed by atoms with E-state index in [1.54, 1.807) is 30.1 Å². The number of likely N-dealkylation sites (N-methyl/N-ethyl adjacent to an activating group) is 1. The number of benzene rings is 1. The van der Waals surface area contributed by atoms with Crippen LogP contribution >= 0.6 is 11.6 Å². The minimum atomic E-state index is -0.443. The summed E-state index contributed by atoms with van der Waals surface area (Å²) in [6.07, 6.45) is 4.01. The number of amides is 1. The molecule has 1 fully saturated rings. The van der Waals surface area contributed by atoms with Crippen LogP contribution in [0.15, 0.2) is 30.6 Å². The fourth-order valence-corrected chi connectivity index (χ4v) is 3.19. The van der Waals surface area contributed by atoms with Crippen LogP contribution in [-0.4, -0.2) is 40.2 Å². The summed E-state index contributed by atoms with van der Waals surface area (Å²) in [5.74, 6) is -0.611. The third-order valence-electron chi connectivity index (χ3n) is 4.22. The highest BCUT2D eigenvalue weighted by Crippen LogP contribution is 2.32. The molecule has 1 aromatic heterocycles. The normalized spacial score (nSPS) is 21.6. The maximum Gasteiger partial charge on any atom is 0.254 e. The van der Waals surface area contributed by atoms with Crippen molar-refractivity contribution in [2.24, 2.45) is 7.05 Å². The molecule has 23 heavy (non-hydrogen) atoms. The van der Waals surface area contributed by atoms with Gasteiger partial charge in [-0.3, -0.25) is 14.4 Å². The Bertz CT molecular complexity index is 733. The van der Waals surface area contributed by atoms with Crippen molar-refractivity contribution in [3.8, 4) is 0 Å². The van der Waals surface area contributed by atoms with Crippen molar-refractivity contribution in [1.82, 2.24) is 20.0 Å². The lowest BCUT2D eigenvalue weighted by atomic mass is 10.00. The van der Waals surface area contributed by atoms with Gasteiger partial charge in [-0.15, -0.1) is 0 Å². The van der Waals surface area contributed by atoms with E-state index in [4.69, 9.17) is 11.6 Å². The first-order chi connectivity index (χ1) is 11.0. The van der Waals surface area contributed by atoms with E-state index in [1.807, 2.05) is 7.05 Å². The van der Waals surface area contributed by atoms with E-state index in [0.717, 1.165) is 18.5 Å². The van der Waals surface area contributed by atoms with Crippen LogP contribution in [-0.2, 0) is 7.05 Å². The minimum absolute atomic E-state index is 0.0811. The van der Waals surface area contributed by atoms with Crippen LogP contribution < -0.4 is 5.32 Å². The Morgan fingerprint density at radius 2 is 2.22 bits per heavy atom. The predicted octanol–water partition coefficient (Wildman–Crippen LogP) is 2.39. The molecule has 1 aliphatic heterocycles. The molecule has 1 aliphatic rings. The second-order valence-electron chi connectivity index (χ2n) is 5.87. The molecular weight excluding hydrogens is 319 g/mol. The van der Waals surface area contributed by atoms with Crippen molar-refractivity contribution in [3.05, 3.63) is 52.6 Å². The highest BCUT2D eigenvalue weighted by molar-refractivity contribution is 6.30. The van der Waals surface area contributed by atoms with Gasteiger partial charge in [0, 0.05) is 19.8 Å². The zero-order valence-corrected chi connectivity index (χ0v) is 13.7. The number of nitrogens with one attached hydrogen (secondary N) is 1. The summed E-state index contributed by atoms with van der Waals surface area (Å²) in [7, 11) is 3.73. The van der Waals surface area contributed by atoms with Crippen LogP contribution in [0, 0.1) is 5.82 Å². The van der Waals surface area contributed by atoms with Gasteiger partial charge in [0.15, 0.2) is 0 Å². The van der Waals surface area contributed by atoms with E-state index >= 15 is 0 Å². The van der Waals surface area contributed by atoms with Gasteiger partial charge in [-0.25, -0.2) is 4.39 Å². The zero-order chi connectivity index (χ0) is 16.6. The van der Waals surface area contributed by atoms with E-state index in [2.05, 4.69) is 15.3 Å². The second-order valence-corrected chi connectivity index (χ2v) is 6.28. The number of rotatable bonds is 3. The number of aryl methyl sites for hydroxylation is 1. The molecular formula is C16H18ClFN4O. The molecule has 0 bridgehead atoms. The van der Waals surface area contributed by atoms with E-state index in [9.17, 15) is 9.18 Å². The number of hydrogen-bond donors (Lipinski definition) is 1. The van der Waals surface area contributed by atoms with E-state index in [0.29, 0.717) is 5.56 Å². The lowest BCUT2D eigenvalue weighted by Gasteiger charge is -2.26. The van der Waals surface area contributed by atoms with Crippen LogP contribution in [0.3, 0.4) is 0 Å². The van der Waals surface area contributed by atoms with Gasteiger partial charge in [0.25, 0.3) is 5.91 Å². The minimum Gasteiger partial charge on any atom is -0.347 e. The molecule has 0 unspecified atom stereocenters. The largest absolute Gasteiger partial charge is 0.347 e.